The van der Waals surface area contributed by atoms with Crippen molar-refractivity contribution in [3.05, 3.63) is 41.4 Å². The number of ether oxygens (including phenoxy) is 3. The maximum Gasteiger partial charge on any atom is 0.408 e. The van der Waals surface area contributed by atoms with E-state index in [1.165, 1.54) is 30.6 Å². The molecule has 0 spiro atoms. The maximum atomic E-state index is 14.6. The van der Waals surface area contributed by atoms with Crippen LogP contribution in [0.15, 0.2) is 35.7 Å². The highest BCUT2D eigenvalue weighted by atomic mass is 32.1. The molecule has 4 heterocycles. The monoisotopic (exact) mass is 802 g/mol. The van der Waals surface area contributed by atoms with E-state index in [4.69, 9.17) is 24.2 Å². The Bertz CT molecular complexity index is 1990. The molecule has 3 amide bonds. The Balaban J connectivity index is 1.21. The van der Waals surface area contributed by atoms with Gasteiger partial charge in [-0.1, -0.05) is 43.9 Å². The van der Waals surface area contributed by atoms with Gasteiger partial charge in [0.05, 0.1) is 24.4 Å². The molecule has 4 aliphatic rings. The Labute approximate surface area is 339 Å². The summed E-state index contributed by atoms with van der Waals surface area (Å²) in [6.07, 6.45) is 11.7. The van der Waals surface area contributed by atoms with Crippen molar-refractivity contribution in [1.29, 1.82) is 0 Å². The molecule has 0 unspecified atom stereocenters. The fraction of sp³-hybridized carbons (Fsp3) is 0.628. The van der Waals surface area contributed by atoms with Gasteiger partial charge in [0.1, 0.15) is 39.9 Å². The van der Waals surface area contributed by atoms with Crippen LogP contribution >= 0.6 is 11.3 Å². The molecule has 2 aliphatic carbocycles. The molecule has 14 heteroatoms. The number of para-hydroxylation sites is 1. The molecule has 13 nitrogen and oxygen atoms in total. The first-order chi connectivity index (χ1) is 27.3. The van der Waals surface area contributed by atoms with Gasteiger partial charge in [-0.15, -0.1) is 11.3 Å². The van der Waals surface area contributed by atoms with Crippen molar-refractivity contribution in [3.63, 3.8) is 0 Å². The van der Waals surface area contributed by atoms with Crippen LogP contribution in [-0.2, 0) is 23.9 Å². The first-order valence-corrected chi connectivity index (χ1v) is 21.7. The number of alkyl carbamates (subject to hydrolysis) is 1. The lowest BCUT2D eigenvalue weighted by molar-refractivity contribution is -0.150. The first-order valence-electron chi connectivity index (χ1n) is 20.9. The highest BCUT2D eigenvalue weighted by molar-refractivity contribution is 7.13. The van der Waals surface area contributed by atoms with Gasteiger partial charge in [0, 0.05) is 35.2 Å². The number of carbonyl (C=O) groups excluding carboxylic acids is 4. The quantitative estimate of drug-likeness (QED) is 0.173. The summed E-state index contributed by atoms with van der Waals surface area (Å²) in [5, 5.41) is 8.95. The van der Waals surface area contributed by atoms with E-state index in [9.17, 15) is 19.2 Å². The van der Waals surface area contributed by atoms with Gasteiger partial charge in [0.25, 0.3) is 6.01 Å². The average molecular weight is 803 g/mol. The van der Waals surface area contributed by atoms with Crippen LogP contribution in [0.1, 0.15) is 130 Å². The largest absolute Gasteiger partial charge is 0.464 e. The summed E-state index contributed by atoms with van der Waals surface area (Å²) in [5.74, 6) is -1.06. The molecule has 5 atom stereocenters. The van der Waals surface area contributed by atoms with Gasteiger partial charge in [-0.05, 0) is 92.2 Å². The number of rotatable bonds is 8. The van der Waals surface area contributed by atoms with Crippen LogP contribution in [0.3, 0.4) is 0 Å². The molecule has 308 valence electrons. The van der Waals surface area contributed by atoms with E-state index in [2.05, 4.69) is 35.9 Å². The molecule has 2 aromatic heterocycles. The summed E-state index contributed by atoms with van der Waals surface area (Å²) in [6.45, 7) is 11.4. The summed E-state index contributed by atoms with van der Waals surface area (Å²) in [4.78, 5) is 67.2. The Hall–Kier alpha value is -4.46. The normalized spacial score (nSPS) is 26.6. The highest BCUT2D eigenvalue weighted by Gasteiger charge is 2.62. The van der Waals surface area contributed by atoms with Crippen molar-refractivity contribution < 1.29 is 33.4 Å². The molecule has 1 aromatic carbocycles. The molecule has 0 bridgehead atoms. The molecule has 2 aliphatic heterocycles. The Kier molecular flexibility index (Phi) is 12.0. The van der Waals surface area contributed by atoms with Crippen LogP contribution in [0.2, 0.25) is 0 Å². The van der Waals surface area contributed by atoms with Crippen molar-refractivity contribution in [2.75, 3.05) is 13.2 Å². The Morgan fingerprint density at radius 3 is 2.58 bits per heavy atom. The SMILES string of the molecule is CCOC(=O)[C@@]12C[C@H]1/C=C\CCCCC[C@H](NC(=O)OC(C)(C)C)C(=O)N1C[C@H](Oc3nc4c(-c5nc(C6CCCC6)cs5)cccc4n3C(C)C)C[C@H]1C(=O)N2. The molecule has 57 heavy (non-hydrogen) atoms. The molecule has 7 rings (SSSR count). The number of amides is 3. The van der Waals surface area contributed by atoms with Gasteiger partial charge in [0.15, 0.2) is 0 Å². The predicted octanol–water partition coefficient (Wildman–Crippen LogP) is 7.60. The minimum absolute atomic E-state index is 0.0194. The van der Waals surface area contributed by atoms with Gasteiger partial charge in [-0.3, -0.25) is 14.2 Å². The van der Waals surface area contributed by atoms with Crippen molar-refractivity contribution >= 4 is 46.2 Å². The van der Waals surface area contributed by atoms with E-state index in [0.717, 1.165) is 46.6 Å². The number of nitrogens with zero attached hydrogens (tertiary/aromatic N) is 4. The van der Waals surface area contributed by atoms with E-state index in [-0.39, 0.29) is 31.5 Å². The van der Waals surface area contributed by atoms with E-state index < -0.39 is 53.2 Å². The van der Waals surface area contributed by atoms with Crippen LogP contribution in [0.25, 0.3) is 21.6 Å². The third-order valence-electron chi connectivity index (χ3n) is 11.6. The molecule has 3 aromatic rings. The number of aromatic nitrogens is 3. The number of fused-ring (bicyclic) bond motifs is 3. The fourth-order valence-electron chi connectivity index (χ4n) is 8.66. The Morgan fingerprint density at radius 2 is 1.84 bits per heavy atom. The van der Waals surface area contributed by atoms with Crippen molar-refractivity contribution in [3.8, 4) is 16.6 Å². The number of benzene rings is 1. The van der Waals surface area contributed by atoms with E-state index in [0.29, 0.717) is 31.2 Å². The van der Waals surface area contributed by atoms with Crippen LogP contribution in [-0.4, -0.2) is 85.8 Å². The number of allylic oxidation sites excluding steroid dienone is 1. The third-order valence-corrected chi connectivity index (χ3v) is 12.5. The van der Waals surface area contributed by atoms with Crippen LogP contribution in [0.4, 0.5) is 4.79 Å². The van der Waals surface area contributed by atoms with Gasteiger partial charge < -0.3 is 29.7 Å². The minimum Gasteiger partial charge on any atom is -0.464 e. The molecular weight excluding hydrogens is 745 g/mol. The summed E-state index contributed by atoms with van der Waals surface area (Å²) in [6, 6.07) is 4.55. The second-order valence-electron chi connectivity index (χ2n) is 17.3. The van der Waals surface area contributed by atoms with Gasteiger partial charge in [0.2, 0.25) is 11.8 Å². The van der Waals surface area contributed by atoms with Crippen LogP contribution < -0.4 is 15.4 Å². The molecule has 2 N–H and O–H groups in total. The standard InChI is InChI=1S/C43H58N6O7S/c1-7-54-39(52)43-23-28(43)18-11-9-8-10-12-20-31(45-41(53)56-42(4,5)6)38(51)48-24-29(22-34(48)36(50)47-43)55-40-46-35-30(19-15-21-33(35)49(40)26(2)3)37-44-32(25-57-37)27-16-13-14-17-27/h11,15,18-19,21,25-29,31,34H,7-10,12-14,16-17,20,22-24H2,1-6H3,(H,45,53)(H,47,50)/b18-11-/t28-,29-,31+,34+,43-/m1/s1. The molecule has 3 fully saturated rings. The molecule has 2 saturated carbocycles. The van der Waals surface area contributed by atoms with E-state index >= 15 is 0 Å². The molecule has 0 radical (unpaired) electrons. The summed E-state index contributed by atoms with van der Waals surface area (Å²) in [5.41, 5.74) is 1.80. The van der Waals surface area contributed by atoms with Crippen LogP contribution in [0, 0.1) is 5.92 Å². The van der Waals surface area contributed by atoms with Crippen molar-refractivity contribution in [2.45, 2.75) is 153 Å². The molecule has 1 saturated heterocycles. The number of hydrogen-bond acceptors (Lipinski definition) is 10. The lowest BCUT2D eigenvalue weighted by Crippen LogP contribution is -2.56. The number of nitrogens with one attached hydrogen (secondary N) is 2. The van der Waals surface area contributed by atoms with Crippen molar-refractivity contribution in [1.82, 2.24) is 30.1 Å². The fourth-order valence-corrected chi connectivity index (χ4v) is 9.59. The Morgan fingerprint density at radius 1 is 1.07 bits per heavy atom. The average Bonchev–Trinajstić information content (AvgIpc) is 3.75. The third kappa shape index (κ3) is 8.85. The maximum absolute atomic E-state index is 14.6. The number of esters is 1. The minimum atomic E-state index is -1.21. The number of imidazole rings is 1. The first kappa shape index (κ1) is 40.7. The lowest BCUT2D eigenvalue weighted by Gasteiger charge is -2.30. The second kappa shape index (κ2) is 16.8. The lowest BCUT2D eigenvalue weighted by atomic mass is 10.0. The van der Waals surface area contributed by atoms with Gasteiger partial charge >= 0.3 is 12.1 Å². The number of thiazole rings is 1. The van der Waals surface area contributed by atoms with Gasteiger partial charge in [-0.2, -0.15) is 4.98 Å². The zero-order valence-corrected chi connectivity index (χ0v) is 35.0. The van der Waals surface area contributed by atoms with E-state index in [1.807, 2.05) is 28.8 Å². The predicted molar refractivity (Wildman–Crippen MR) is 218 cm³/mol. The zero-order chi connectivity index (χ0) is 40.5. The van der Waals surface area contributed by atoms with Gasteiger partial charge in [-0.25, -0.2) is 14.6 Å². The highest BCUT2D eigenvalue weighted by Crippen LogP contribution is 2.46. The smallest absolute Gasteiger partial charge is 0.408 e. The topological polar surface area (TPSA) is 154 Å². The zero-order valence-electron chi connectivity index (χ0n) is 34.2. The molecular formula is C43H58N6O7S. The van der Waals surface area contributed by atoms with Crippen molar-refractivity contribution in [2.24, 2.45) is 5.92 Å². The van der Waals surface area contributed by atoms with E-state index in [1.54, 1.807) is 39.0 Å². The summed E-state index contributed by atoms with van der Waals surface area (Å²) >= 11 is 1.64. The van der Waals surface area contributed by atoms with Crippen LogP contribution in [0.5, 0.6) is 6.01 Å². The second-order valence-corrected chi connectivity index (χ2v) is 18.2. The number of carbonyl (C=O) groups is 4. The summed E-state index contributed by atoms with van der Waals surface area (Å²) < 4.78 is 19.8. The summed E-state index contributed by atoms with van der Waals surface area (Å²) in [7, 11) is 0. The number of hydrogen-bond donors (Lipinski definition) is 2.